The number of rotatable bonds is 3. The molecule has 0 N–H and O–H groups in total. The number of benzene rings is 1. The molecule has 0 saturated carbocycles. The van der Waals surface area contributed by atoms with Gasteiger partial charge >= 0.3 is 0 Å². The number of carbonyl (C=O) groups is 2. The molecule has 4 rings (SSSR count). The second-order valence-electron chi connectivity index (χ2n) is 6.27. The average molecular weight is 343 g/mol. The van der Waals surface area contributed by atoms with Gasteiger partial charge in [0, 0.05) is 12.3 Å². The Balaban J connectivity index is 1.55. The molecule has 1 aromatic heterocycles. The Bertz CT molecular complexity index is 864. The highest BCUT2D eigenvalue weighted by Crippen LogP contribution is 2.35. The van der Waals surface area contributed by atoms with Crippen LogP contribution in [0, 0.1) is 23.5 Å². The Labute approximate surface area is 142 Å². The number of hydrogen-bond donors (Lipinski definition) is 0. The van der Waals surface area contributed by atoms with Crippen molar-refractivity contribution >= 4 is 11.8 Å². The Morgan fingerprint density at radius 1 is 1.04 bits per heavy atom. The van der Waals surface area contributed by atoms with Crippen LogP contribution in [0.3, 0.4) is 0 Å². The molecule has 128 valence electrons. The Hall–Kier alpha value is -2.83. The number of hydrogen-bond acceptors (Lipinski definition) is 3. The lowest BCUT2D eigenvalue weighted by molar-refractivity contribution is -0.140. The zero-order chi connectivity index (χ0) is 17.6. The molecule has 25 heavy (non-hydrogen) atoms. The number of likely N-dealkylation sites (tertiary alicyclic amines) is 1. The maximum absolute atomic E-state index is 13.8. The number of halogens is 2. The van der Waals surface area contributed by atoms with Crippen LogP contribution >= 0.6 is 0 Å². The van der Waals surface area contributed by atoms with E-state index in [2.05, 4.69) is 5.10 Å². The van der Waals surface area contributed by atoms with Gasteiger partial charge in [-0.25, -0.2) is 13.5 Å². The highest BCUT2D eigenvalue weighted by Gasteiger charge is 2.47. The lowest BCUT2D eigenvalue weighted by Gasteiger charge is -2.14. The summed E-state index contributed by atoms with van der Waals surface area (Å²) >= 11 is 0. The molecule has 0 bridgehead atoms. The van der Waals surface area contributed by atoms with E-state index in [1.807, 2.05) is 12.2 Å². The molecule has 2 heterocycles. The van der Waals surface area contributed by atoms with Gasteiger partial charge in [0.25, 0.3) is 0 Å². The van der Waals surface area contributed by atoms with Gasteiger partial charge < -0.3 is 0 Å². The summed E-state index contributed by atoms with van der Waals surface area (Å²) in [5.41, 5.74) is 0.571. The molecule has 2 aliphatic rings. The fourth-order valence-corrected chi connectivity index (χ4v) is 3.43. The fraction of sp³-hybridized carbons (Fsp3) is 0.278. The second kappa shape index (κ2) is 5.91. The van der Waals surface area contributed by atoms with Crippen LogP contribution in [0.25, 0.3) is 5.69 Å². The molecule has 1 saturated heterocycles. The van der Waals surface area contributed by atoms with Gasteiger partial charge in [-0.05, 0) is 31.0 Å². The first-order chi connectivity index (χ1) is 12.0. The number of imide groups is 1. The van der Waals surface area contributed by atoms with E-state index in [0.717, 1.165) is 12.1 Å². The Kier molecular flexibility index (Phi) is 3.71. The van der Waals surface area contributed by atoms with E-state index in [9.17, 15) is 18.4 Å². The van der Waals surface area contributed by atoms with Crippen molar-refractivity contribution in [1.82, 2.24) is 14.7 Å². The predicted octanol–water partition coefficient (Wildman–Crippen LogP) is 2.60. The SMILES string of the molecule is O=C1[C@H]2CC=CC[C@@H]2C(=O)N1Cc1ccn(-c2ccc(F)cc2F)n1. The molecule has 1 aromatic carbocycles. The third-order valence-corrected chi connectivity index (χ3v) is 4.72. The van der Waals surface area contributed by atoms with E-state index in [4.69, 9.17) is 0 Å². The molecule has 0 unspecified atom stereocenters. The molecule has 1 aliphatic heterocycles. The van der Waals surface area contributed by atoms with Gasteiger partial charge in [0.1, 0.15) is 11.5 Å². The largest absolute Gasteiger partial charge is 0.276 e. The van der Waals surface area contributed by atoms with Crippen molar-refractivity contribution in [3.63, 3.8) is 0 Å². The van der Waals surface area contributed by atoms with Crippen molar-refractivity contribution in [2.75, 3.05) is 0 Å². The third-order valence-electron chi connectivity index (χ3n) is 4.72. The van der Waals surface area contributed by atoms with Crippen LogP contribution in [0.4, 0.5) is 8.78 Å². The monoisotopic (exact) mass is 343 g/mol. The molecular formula is C18H15F2N3O2. The summed E-state index contributed by atoms with van der Waals surface area (Å²) < 4.78 is 28.1. The molecule has 0 spiro atoms. The number of carbonyl (C=O) groups excluding carboxylic acids is 2. The smallest absolute Gasteiger partial charge is 0.233 e. The summed E-state index contributed by atoms with van der Waals surface area (Å²) in [6.07, 6.45) is 6.55. The minimum Gasteiger partial charge on any atom is -0.276 e. The summed E-state index contributed by atoms with van der Waals surface area (Å²) in [6.45, 7) is 0.0560. The summed E-state index contributed by atoms with van der Waals surface area (Å²) in [7, 11) is 0. The molecule has 0 radical (unpaired) electrons. The van der Waals surface area contributed by atoms with Gasteiger partial charge in [0.15, 0.2) is 5.82 Å². The maximum Gasteiger partial charge on any atom is 0.233 e. The minimum absolute atomic E-state index is 0.0560. The lowest BCUT2D eigenvalue weighted by Crippen LogP contribution is -2.30. The van der Waals surface area contributed by atoms with E-state index < -0.39 is 11.6 Å². The summed E-state index contributed by atoms with van der Waals surface area (Å²) in [5, 5.41) is 4.21. The molecule has 5 nitrogen and oxygen atoms in total. The van der Waals surface area contributed by atoms with Gasteiger partial charge in [0.2, 0.25) is 11.8 Å². The molecule has 2 amide bonds. The first-order valence-corrected chi connectivity index (χ1v) is 8.05. The van der Waals surface area contributed by atoms with Gasteiger partial charge in [-0.1, -0.05) is 12.2 Å². The maximum atomic E-state index is 13.8. The molecule has 1 fully saturated rings. The quantitative estimate of drug-likeness (QED) is 0.636. The van der Waals surface area contributed by atoms with E-state index in [0.29, 0.717) is 18.5 Å². The van der Waals surface area contributed by atoms with Gasteiger partial charge in [-0.3, -0.25) is 14.5 Å². The number of allylic oxidation sites excluding steroid dienone is 2. The van der Waals surface area contributed by atoms with Gasteiger partial charge in [0.05, 0.1) is 24.1 Å². The highest BCUT2D eigenvalue weighted by molar-refractivity contribution is 6.05. The zero-order valence-corrected chi connectivity index (χ0v) is 13.2. The standard InChI is InChI=1S/C18H15F2N3O2/c19-11-5-6-16(15(20)9-11)23-8-7-12(21-23)10-22-17(24)13-3-1-2-4-14(13)18(22)25/h1-2,5-9,13-14H,3-4,10H2/t13-,14-/m0/s1. The van der Waals surface area contributed by atoms with E-state index in [-0.39, 0.29) is 35.9 Å². The van der Waals surface area contributed by atoms with Gasteiger partial charge in [-0.15, -0.1) is 0 Å². The van der Waals surface area contributed by atoms with Crippen LogP contribution in [0.1, 0.15) is 18.5 Å². The molecule has 2 aromatic rings. The zero-order valence-electron chi connectivity index (χ0n) is 13.2. The number of amides is 2. The normalized spacial score (nSPS) is 22.6. The number of aromatic nitrogens is 2. The van der Waals surface area contributed by atoms with Crippen molar-refractivity contribution in [3.8, 4) is 5.69 Å². The summed E-state index contributed by atoms with van der Waals surface area (Å²) in [5.74, 6) is -2.33. The van der Waals surface area contributed by atoms with Crippen LogP contribution in [0.5, 0.6) is 0 Å². The third kappa shape index (κ3) is 2.65. The van der Waals surface area contributed by atoms with Crippen LogP contribution in [-0.4, -0.2) is 26.5 Å². The van der Waals surface area contributed by atoms with Crippen LogP contribution in [-0.2, 0) is 16.1 Å². The summed E-state index contributed by atoms with van der Waals surface area (Å²) in [4.78, 5) is 26.1. The average Bonchev–Trinajstić information content (AvgIpc) is 3.15. The Morgan fingerprint density at radius 3 is 2.36 bits per heavy atom. The first kappa shape index (κ1) is 15.7. The second-order valence-corrected chi connectivity index (χ2v) is 6.27. The predicted molar refractivity (Wildman–Crippen MR) is 84.4 cm³/mol. The molecular weight excluding hydrogens is 328 g/mol. The minimum atomic E-state index is -0.736. The molecule has 2 atom stereocenters. The van der Waals surface area contributed by atoms with Crippen LogP contribution in [0.15, 0.2) is 42.6 Å². The highest BCUT2D eigenvalue weighted by atomic mass is 19.1. The van der Waals surface area contributed by atoms with E-state index in [1.54, 1.807) is 6.07 Å². The van der Waals surface area contributed by atoms with Crippen LogP contribution in [0.2, 0.25) is 0 Å². The van der Waals surface area contributed by atoms with Crippen molar-refractivity contribution in [2.45, 2.75) is 19.4 Å². The Morgan fingerprint density at radius 2 is 1.72 bits per heavy atom. The van der Waals surface area contributed by atoms with Crippen molar-refractivity contribution in [2.24, 2.45) is 11.8 Å². The van der Waals surface area contributed by atoms with Crippen molar-refractivity contribution in [3.05, 3.63) is 59.9 Å². The van der Waals surface area contributed by atoms with Crippen molar-refractivity contribution < 1.29 is 18.4 Å². The molecule has 7 heteroatoms. The van der Waals surface area contributed by atoms with E-state index in [1.165, 1.54) is 21.8 Å². The van der Waals surface area contributed by atoms with Crippen molar-refractivity contribution in [1.29, 1.82) is 0 Å². The number of nitrogens with zero attached hydrogens (tertiary/aromatic N) is 3. The molecule has 1 aliphatic carbocycles. The lowest BCUT2D eigenvalue weighted by atomic mass is 9.85. The topological polar surface area (TPSA) is 55.2 Å². The van der Waals surface area contributed by atoms with Crippen LogP contribution < -0.4 is 0 Å². The van der Waals surface area contributed by atoms with Gasteiger partial charge in [-0.2, -0.15) is 5.10 Å². The number of fused-ring (bicyclic) bond motifs is 1. The fourth-order valence-electron chi connectivity index (χ4n) is 3.43. The summed E-state index contributed by atoms with van der Waals surface area (Å²) in [6, 6.07) is 4.82. The first-order valence-electron chi connectivity index (χ1n) is 8.05. The van der Waals surface area contributed by atoms with E-state index >= 15 is 0 Å².